The molecule has 1 aromatic rings. The molecule has 1 aliphatic rings. The molecule has 0 aromatic heterocycles. The normalized spacial score (nSPS) is 16.9. The third-order valence-corrected chi connectivity index (χ3v) is 3.57. The molecule has 0 heterocycles. The molecule has 0 radical (unpaired) electrons. The van der Waals surface area contributed by atoms with E-state index in [0.717, 1.165) is 25.7 Å². The zero-order chi connectivity index (χ0) is 14.4. The molecule has 0 bridgehead atoms. The monoisotopic (exact) mass is 281 g/mol. The summed E-state index contributed by atoms with van der Waals surface area (Å²) in [5.41, 5.74) is -0.748. The lowest BCUT2D eigenvalue weighted by Crippen LogP contribution is -2.41. The summed E-state index contributed by atoms with van der Waals surface area (Å²) in [5.74, 6) is -0.482. The molecule has 1 saturated carbocycles. The highest BCUT2D eigenvalue weighted by Crippen LogP contribution is 2.28. The van der Waals surface area contributed by atoms with Crippen LogP contribution < -0.4 is 10.1 Å². The van der Waals surface area contributed by atoms with Crippen LogP contribution in [-0.4, -0.2) is 29.8 Å². The molecule has 5 heteroatoms. The van der Waals surface area contributed by atoms with E-state index in [1.165, 1.54) is 12.1 Å². The number of benzene rings is 1. The van der Waals surface area contributed by atoms with Gasteiger partial charge in [0, 0.05) is 6.54 Å². The lowest BCUT2D eigenvalue weighted by molar-refractivity contribution is -0.122. The van der Waals surface area contributed by atoms with Crippen LogP contribution in [0.25, 0.3) is 0 Å². The van der Waals surface area contributed by atoms with Gasteiger partial charge in [0.15, 0.2) is 11.6 Å². The van der Waals surface area contributed by atoms with Crippen LogP contribution in [0, 0.1) is 5.82 Å². The van der Waals surface area contributed by atoms with Crippen LogP contribution in [-0.2, 0) is 4.79 Å². The molecule has 20 heavy (non-hydrogen) atoms. The summed E-state index contributed by atoms with van der Waals surface area (Å²) >= 11 is 0. The Bertz CT molecular complexity index is 458. The number of para-hydroxylation sites is 1. The van der Waals surface area contributed by atoms with Gasteiger partial charge in [0.1, 0.15) is 0 Å². The summed E-state index contributed by atoms with van der Waals surface area (Å²) in [6.45, 7) is 0.400. The van der Waals surface area contributed by atoms with Crippen molar-refractivity contribution in [3.63, 3.8) is 0 Å². The number of rotatable bonds is 6. The molecule has 1 aliphatic carbocycles. The van der Waals surface area contributed by atoms with Gasteiger partial charge in [-0.25, -0.2) is 4.39 Å². The van der Waals surface area contributed by atoms with E-state index < -0.39 is 11.4 Å². The van der Waals surface area contributed by atoms with Crippen LogP contribution in [0.3, 0.4) is 0 Å². The highest BCUT2D eigenvalue weighted by atomic mass is 19.1. The Hall–Kier alpha value is -1.62. The van der Waals surface area contributed by atoms with Crippen LogP contribution in [0.2, 0.25) is 0 Å². The van der Waals surface area contributed by atoms with Crippen molar-refractivity contribution in [1.82, 2.24) is 5.32 Å². The number of hydrogen-bond donors (Lipinski definition) is 2. The van der Waals surface area contributed by atoms with E-state index in [0.29, 0.717) is 0 Å². The maximum atomic E-state index is 13.3. The summed E-state index contributed by atoms with van der Waals surface area (Å²) in [6, 6.07) is 6.09. The van der Waals surface area contributed by atoms with E-state index >= 15 is 0 Å². The zero-order valence-corrected chi connectivity index (χ0v) is 11.4. The summed E-state index contributed by atoms with van der Waals surface area (Å²) in [5, 5.41) is 12.8. The van der Waals surface area contributed by atoms with E-state index in [-0.39, 0.29) is 31.2 Å². The first-order valence-electron chi connectivity index (χ1n) is 6.95. The fourth-order valence-corrected chi connectivity index (χ4v) is 2.38. The van der Waals surface area contributed by atoms with Crippen LogP contribution in [0.15, 0.2) is 24.3 Å². The number of halogens is 1. The van der Waals surface area contributed by atoms with E-state index in [2.05, 4.69) is 5.32 Å². The zero-order valence-electron chi connectivity index (χ0n) is 11.4. The van der Waals surface area contributed by atoms with Crippen LogP contribution in [0.4, 0.5) is 4.39 Å². The van der Waals surface area contributed by atoms with E-state index in [1.807, 2.05) is 0 Å². The molecule has 0 aliphatic heterocycles. The first-order chi connectivity index (χ1) is 9.59. The maximum Gasteiger partial charge on any atom is 0.223 e. The van der Waals surface area contributed by atoms with Crippen LogP contribution in [0.5, 0.6) is 5.75 Å². The molecule has 1 amide bonds. The van der Waals surface area contributed by atoms with Crippen molar-refractivity contribution in [2.75, 3.05) is 13.2 Å². The van der Waals surface area contributed by atoms with Crippen molar-refractivity contribution in [3.8, 4) is 5.75 Å². The Kier molecular flexibility index (Phi) is 4.95. The number of hydrogen-bond acceptors (Lipinski definition) is 3. The Morgan fingerprint density at radius 1 is 1.35 bits per heavy atom. The second-order valence-electron chi connectivity index (χ2n) is 5.24. The Morgan fingerprint density at radius 3 is 2.75 bits per heavy atom. The quantitative estimate of drug-likeness (QED) is 0.838. The molecule has 1 fully saturated rings. The highest BCUT2D eigenvalue weighted by molar-refractivity contribution is 5.76. The predicted octanol–water partition coefficient (Wildman–Crippen LogP) is 2.02. The topological polar surface area (TPSA) is 58.6 Å². The van der Waals surface area contributed by atoms with Gasteiger partial charge in [-0.3, -0.25) is 4.79 Å². The van der Waals surface area contributed by atoms with Crippen molar-refractivity contribution in [2.45, 2.75) is 37.7 Å². The van der Waals surface area contributed by atoms with Crippen molar-refractivity contribution in [2.24, 2.45) is 0 Å². The van der Waals surface area contributed by atoms with Gasteiger partial charge in [-0.15, -0.1) is 0 Å². The first-order valence-corrected chi connectivity index (χ1v) is 6.95. The second kappa shape index (κ2) is 6.70. The summed E-state index contributed by atoms with van der Waals surface area (Å²) < 4.78 is 18.5. The van der Waals surface area contributed by atoms with Gasteiger partial charge >= 0.3 is 0 Å². The lowest BCUT2D eigenvalue weighted by atomic mass is 10.0. The fourth-order valence-electron chi connectivity index (χ4n) is 2.38. The third-order valence-electron chi connectivity index (χ3n) is 3.57. The van der Waals surface area contributed by atoms with Gasteiger partial charge in [0.2, 0.25) is 5.91 Å². The molecular weight excluding hydrogens is 261 g/mol. The fraction of sp³-hybridized carbons (Fsp3) is 0.533. The number of carbonyl (C=O) groups excluding carboxylic acids is 1. The standard InChI is InChI=1S/C15H20FNO3/c16-12-5-1-2-6-13(12)20-10-7-14(18)17-11-15(19)8-3-4-9-15/h1-2,5-6,19H,3-4,7-11H2,(H,17,18). The van der Waals surface area contributed by atoms with Gasteiger partial charge in [-0.2, -0.15) is 0 Å². The molecule has 1 aromatic carbocycles. The Balaban J connectivity index is 1.67. The van der Waals surface area contributed by atoms with Gasteiger partial charge < -0.3 is 15.2 Å². The minimum Gasteiger partial charge on any atom is -0.490 e. The molecule has 2 N–H and O–H groups in total. The molecule has 0 saturated heterocycles. The maximum absolute atomic E-state index is 13.3. The predicted molar refractivity (Wildman–Crippen MR) is 72.9 cm³/mol. The Labute approximate surface area is 117 Å². The molecule has 4 nitrogen and oxygen atoms in total. The first kappa shape index (κ1) is 14.8. The second-order valence-corrected chi connectivity index (χ2v) is 5.24. The van der Waals surface area contributed by atoms with Crippen molar-refractivity contribution < 1.29 is 19.0 Å². The molecule has 110 valence electrons. The minimum atomic E-state index is -0.748. The Morgan fingerprint density at radius 2 is 2.05 bits per heavy atom. The molecular formula is C15H20FNO3. The molecule has 0 spiro atoms. The van der Waals surface area contributed by atoms with E-state index in [4.69, 9.17) is 4.74 Å². The number of nitrogens with one attached hydrogen (secondary N) is 1. The van der Waals surface area contributed by atoms with Gasteiger partial charge in [-0.1, -0.05) is 25.0 Å². The van der Waals surface area contributed by atoms with Gasteiger partial charge in [0.05, 0.1) is 18.6 Å². The van der Waals surface area contributed by atoms with Gasteiger partial charge in [-0.05, 0) is 25.0 Å². The largest absolute Gasteiger partial charge is 0.490 e. The number of amides is 1. The summed E-state index contributed by atoms with van der Waals surface area (Å²) in [4.78, 5) is 11.6. The molecule has 0 unspecified atom stereocenters. The van der Waals surface area contributed by atoms with Crippen molar-refractivity contribution in [3.05, 3.63) is 30.1 Å². The summed E-state index contributed by atoms with van der Waals surface area (Å²) in [6.07, 6.45) is 3.62. The van der Waals surface area contributed by atoms with Crippen LogP contribution >= 0.6 is 0 Å². The number of carbonyl (C=O) groups is 1. The van der Waals surface area contributed by atoms with Crippen molar-refractivity contribution in [1.29, 1.82) is 0 Å². The number of aliphatic hydroxyl groups is 1. The highest BCUT2D eigenvalue weighted by Gasteiger charge is 2.31. The molecule has 2 rings (SSSR count). The SMILES string of the molecule is O=C(CCOc1ccccc1F)NCC1(O)CCCC1. The molecule has 0 atom stereocenters. The average Bonchev–Trinajstić information content (AvgIpc) is 2.86. The number of ether oxygens (including phenoxy) is 1. The summed E-state index contributed by atoms with van der Waals surface area (Å²) in [7, 11) is 0. The minimum absolute atomic E-state index is 0.116. The van der Waals surface area contributed by atoms with Crippen molar-refractivity contribution >= 4 is 5.91 Å². The van der Waals surface area contributed by atoms with E-state index in [1.54, 1.807) is 12.1 Å². The van der Waals surface area contributed by atoms with E-state index in [9.17, 15) is 14.3 Å². The van der Waals surface area contributed by atoms with Crippen LogP contribution in [0.1, 0.15) is 32.1 Å². The smallest absolute Gasteiger partial charge is 0.223 e. The van der Waals surface area contributed by atoms with Gasteiger partial charge in [0.25, 0.3) is 0 Å². The lowest BCUT2D eigenvalue weighted by Gasteiger charge is -2.22. The average molecular weight is 281 g/mol. The third kappa shape index (κ3) is 4.20.